The van der Waals surface area contributed by atoms with Gasteiger partial charge in [0.15, 0.2) is 10.0 Å². The number of para-hydroxylation sites is 2. The van der Waals surface area contributed by atoms with Crippen LogP contribution in [0.4, 0.5) is 0 Å². The highest BCUT2D eigenvalue weighted by molar-refractivity contribution is 7.18. The van der Waals surface area contributed by atoms with Crippen molar-refractivity contribution in [2.24, 2.45) is 0 Å². The van der Waals surface area contributed by atoms with Crippen LogP contribution in [0.5, 0.6) is 11.5 Å². The van der Waals surface area contributed by atoms with Crippen molar-refractivity contribution < 1.29 is 23.7 Å². The lowest BCUT2D eigenvalue weighted by atomic mass is 10.2. The molecule has 0 fully saturated rings. The lowest BCUT2D eigenvalue weighted by Gasteiger charge is -2.11. The number of nitrogens with zero attached hydrogens (tertiary/aromatic N) is 2. The van der Waals surface area contributed by atoms with Crippen molar-refractivity contribution in [3.63, 3.8) is 0 Å². The molecule has 0 atom stereocenters. The molecule has 0 radical (unpaired) electrons. The molecule has 0 unspecified atom stereocenters. The molecule has 3 aromatic rings. The smallest absolute Gasteiger partial charge is 0.151 e. The molecule has 0 amide bonds. The third-order valence-corrected chi connectivity index (χ3v) is 5.36. The van der Waals surface area contributed by atoms with E-state index in [4.69, 9.17) is 23.7 Å². The van der Waals surface area contributed by atoms with Crippen LogP contribution in [-0.2, 0) is 14.2 Å². The molecule has 0 spiro atoms. The van der Waals surface area contributed by atoms with E-state index in [0.717, 1.165) is 32.6 Å². The van der Waals surface area contributed by atoms with Gasteiger partial charge < -0.3 is 23.7 Å². The fourth-order valence-electron chi connectivity index (χ4n) is 2.94. The Kier molecular flexibility index (Phi) is 7.63. The second-order valence-electron chi connectivity index (χ2n) is 6.44. The Morgan fingerprint density at radius 3 is 1.40 bits per heavy atom. The van der Waals surface area contributed by atoms with Crippen LogP contribution in [-0.4, -0.2) is 63.1 Å². The summed E-state index contributed by atoms with van der Waals surface area (Å²) in [7, 11) is 0. The normalized spacial score (nSPS) is 16.4. The van der Waals surface area contributed by atoms with E-state index in [1.807, 2.05) is 48.5 Å². The summed E-state index contributed by atoms with van der Waals surface area (Å²) in [6.07, 6.45) is 0. The maximum absolute atomic E-state index is 5.93. The summed E-state index contributed by atoms with van der Waals surface area (Å²) >= 11 is 1.51. The zero-order valence-corrected chi connectivity index (χ0v) is 17.4. The Balaban J connectivity index is 1.57. The minimum absolute atomic E-state index is 0.447. The maximum Gasteiger partial charge on any atom is 0.151 e. The molecule has 158 valence electrons. The number of hydrogen-bond donors (Lipinski definition) is 0. The highest BCUT2D eigenvalue weighted by Gasteiger charge is 2.15. The SMILES string of the molecule is c1ccc2c(c1)OCCOCCOCCOCCOc1ccccc1-c1nnc-2s1. The van der Waals surface area contributed by atoms with Gasteiger partial charge in [-0.25, -0.2) is 0 Å². The standard InChI is InChI=1S/C22H24N2O5S/c1-3-7-19-17(5-1)21-23-24-22(30-21)18-6-2-4-8-20(18)29-16-14-27-12-10-25-9-11-26-13-15-28-19/h1-8H,9-16H2. The van der Waals surface area contributed by atoms with Gasteiger partial charge in [-0.3, -0.25) is 0 Å². The second-order valence-corrected chi connectivity index (χ2v) is 7.42. The van der Waals surface area contributed by atoms with Crippen LogP contribution in [0.25, 0.3) is 21.1 Å². The van der Waals surface area contributed by atoms with Crippen LogP contribution in [0.3, 0.4) is 0 Å². The average Bonchev–Trinajstić information content (AvgIpc) is 3.27. The second kappa shape index (κ2) is 11.0. The van der Waals surface area contributed by atoms with Crippen molar-refractivity contribution in [2.75, 3.05) is 52.9 Å². The highest BCUT2D eigenvalue weighted by atomic mass is 32.1. The number of hydrogen-bond acceptors (Lipinski definition) is 8. The third-order valence-electron chi connectivity index (χ3n) is 4.37. The summed E-state index contributed by atoms with van der Waals surface area (Å²) in [5.41, 5.74) is 1.82. The number of fused-ring (bicyclic) bond motifs is 6. The van der Waals surface area contributed by atoms with Gasteiger partial charge in [-0.15, -0.1) is 10.2 Å². The summed E-state index contributed by atoms with van der Waals surface area (Å²) in [5.74, 6) is 1.52. The first kappa shape index (κ1) is 20.7. The van der Waals surface area contributed by atoms with Gasteiger partial charge in [-0.05, 0) is 24.3 Å². The zero-order chi connectivity index (χ0) is 20.4. The summed E-state index contributed by atoms with van der Waals surface area (Å²) in [6, 6.07) is 15.7. The highest BCUT2D eigenvalue weighted by Crippen LogP contribution is 2.38. The monoisotopic (exact) mass is 428 g/mol. The summed E-state index contributed by atoms with van der Waals surface area (Å²) in [4.78, 5) is 0. The molecule has 0 N–H and O–H groups in total. The number of ether oxygens (including phenoxy) is 5. The molecule has 0 aliphatic carbocycles. The third kappa shape index (κ3) is 5.54. The molecule has 1 aliphatic rings. The van der Waals surface area contributed by atoms with Gasteiger partial charge in [0, 0.05) is 0 Å². The van der Waals surface area contributed by atoms with Crippen LogP contribution in [0.2, 0.25) is 0 Å². The molecule has 1 aromatic heterocycles. The predicted octanol–water partition coefficient (Wildman–Crippen LogP) is 3.69. The molecule has 0 saturated heterocycles. The van der Waals surface area contributed by atoms with E-state index in [1.54, 1.807) is 0 Å². The van der Waals surface area contributed by atoms with Gasteiger partial charge in [0.05, 0.1) is 50.8 Å². The predicted molar refractivity (Wildman–Crippen MR) is 114 cm³/mol. The molecule has 2 bridgehead atoms. The number of aromatic nitrogens is 2. The van der Waals surface area contributed by atoms with Crippen molar-refractivity contribution in [1.82, 2.24) is 10.2 Å². The van der Waals surface area contributed by atoms with Crippen molar-refractivity contribution >= 4 is 11.3 Å². The van der Waals surface area contributed by atoms with E-state index >= 15 is 0 Å². The van der Waals surface area contributed by atoms with Gasteiger partial charge in [0.2, 0.25) is 0 Å². The molecular weight excluding hydrogens is 404 g/mol. The molecule has 30 heavy (non-hydrogen) atoms. The van der Waals surface area contributed by atoms with Crippen LogP contribution in [0.1, 0.15) is 0 Å². The van der Waals surface area contributed by atoms with Crippen LogP contribution < -0.4 is 9.47 Å². The van der Waals surface area contributed by atoms with Crippen LogP contribution >= 0.6 is 11.3 Å². The average molecular weight is 429 g/mol. The molecular formula is C22H24N2O5S. The fraction of sp³-hybridized carbons (Fsp3) is 0.364. The molecule has 2 aromatic carbocycles. The van der Waals surface area contributed by atoms with E-state index < -0.39 is 0 Å². The maximum atomic E-state index is 5.93. The fourth-order valence-corrected chi connectivity index (χ4v) is 3.85. The van der Waals surface area contributed by atoms with E-state index in [9.17, 15) is 0 Å². The molecule has 4 rings (SSSR count). The lowest BCUT2D eigenvalue weighted by molar-refractivity contribution is 0.00504. The Hall–Kier alpha value is -2.52. The first-order chi connectivity index (χ1) is 14.9. The van der Waals surface area contributed by atoms with E-state index in [-0.39, 0.29) is 0 Å². The van der Waals surface area contributed by atoms with Gasteiger partial charge in [0.1, 0.15) is 24.7 Å². The molecule has 7 nitrogen and oxygen atoms in total. The first-order valence-electron chi connectivity index (χ1n) is 9.93. The molecule has 0 saturated carbocycles. The summed E-state index contributed by atoms with van der Waals surface area (Å²) in [5, 5.41) is 10.4. The van der Waals surface area contributed by atoms with Gasteiger partial charge in [-0.2, -0.15) is 0 Å². The lowest BCUT2D eigenvalue weighted by Crippen LogP contribution is -2.14. The zero-order valence-electron chi connectivity index (χ0n) is 16.6. The Labute approximate surface area is 179 Å². The molecule has 8 heteroatoms. The summed E-state index contributed by atoms with van der Waals surface area (Å²) in [6.45, 7) is 3.95. The quantitative estimate of drug-likeness (QED) is 0.541. The Bertz CT molecular complexity index is 861. The molecule has 1 aliphatic heterocycles. The van der Waals surface area contributed by atoms with Crippen molar-refractivity contribution in [1.29, 1.82) is 0 Å². The van der Waals surface area contributed by atoms with Crippen LogP contribution in [0.15, 0.2) is 48.5 Å². The molecule has 2 heterocycles. The minimum Gasteiger partial charge on any atom is -0.490 e. The van der Waals surface area contributed by atoms with E-state index in [0.29, 0.717) is 52.9 Å². The van der Waals surface area contributed by atoms with Crippen molar-refractivity contribution in [2.45, 2.75) is 0 Å². The van der Waals surface area contributed by atoms with E-state index in [1.165, 1.54) is 11.3 Å². The van der Waals surface area contributed by atoms with Crippen molar-refractivity contribution in [3.05, 3.63) is 48.5 Å². The Morgan fingerprint density at radius 2 is 0.933 bits per heavy atom. The number of rotatable bonds is 0. The van der Waals surface area contributed by atoms with Gasteiger partial charge >= 0.3 is 0 Å². The minimum atomic E-state index is 0.447. The largest absolute Gasteiger partial charge is 0.490 e. The Morgan fingerprint density at radius 1 is 0.533 bits per heavy atom. The van der Waals surface area contributed by atoms with E-state index in [2.05, 4.69) is 10.2 Å². The van der Waals surface area contributed by atoms with Gasteiger partial charge in [0.25, 0.3) is 0 Å². The van der Waals surface area contributed by atoms with Crippen LogP contribution in [0, 0.1) is 0 Å². The topological polar surface area (TPSA) is 71.9 Å². The van der Waals surface area contributed by atoms with Gasteiger partial charge in [-0.1, -0.05) is 35.6 Å². The number of benzene rings is 2. The first-order valence-corrected chi connectivity index (χ1v) is 10.7. The van der Waals surface area contributed by atoms with Crippen molar-refractivity contribution in [3.8, 4) is 32.6 Å². The summed E-state index contributed by atoms with van der Waals surface area (Å²) < 4.78 is 28.5.